The summed E-state index contributed by atoms with van der Waals surface area (Å²) in [4.78, 5) is 0. The van der Waals surface area contributed by atoms with Gasteiger partial charge in [0.1, 0.15) is 0 Å². The van der Waals surface area contributed by atoms with Gasteiger partial charge in [-0.3, -0.25) is 0 Å². The summed E-state index contributed by atoms with van der Waals surface area (Å²) in [5.41, 5.74) is 0. The van der Waals surface area contributed by atoms with E-state index < -0.39 is 9.28 Å². The van der Waals surface area contributed by atoms with Gasteiger partial charge in [0.15, 0.2) is 0 Å². The minimum atomic E-state index is -1.36. The van der Waals surface area contributed by atoms with Crippen LogP contribution in [0.3, 0.4) is 0 Å². The Morgan fingerprint density at radius 1 is 1.06 bits per heavy atom. The van der Waals surface area contributed by atoms with E-state index in [1.807, 2.05) is 0 Å². The Kier molecular flexibility index (Phi) is 4.93. The summed E-state index contributed by atoms with van der Waals surface area (Å²) in [5, 5.41) is 3.69. The summed E-state index contributed by atoms with van der Waals surface area (Å²) in [6.07, 6.45) is 2.23. The van der Waals surface area contributed by atoms with Gasteiger partial charge in [0.2, 0.25) is 0 Å². The molecule has 0 heterocycles. The highest BCUT2D eigenvalue weighted by atomic mass is 28.3. The van der Waals surface area contributed by atoms with Crippen LogP contribution in [0.15, 0.2) is 42.5 Å². The normalized spacial score (nSPS) is 11.3. The van der Waals surface area contributed by atoms with Gasteiger partial charge in [-0.25, -0.2) is 0 Å². The van der Waals surface area contributed by atoms with Gasteiger partial charge in [-0.15, -0.1) is 0 Å². The summed E-state index contributed by atoms with van der Waals surface area (Å²) in [7, 11) is 0.379. The number of fused-ring (bicyclic) bond motifs is 1. The number of rotatable bonds is 6. The molecule has 0 aliphatic heterocycles. The van der Waals surface area contributed by atoms with Gasteiger partial charge in [-0.1, -0.05) is 55.8 Å². The monoisotopic (exact) mass is 259 g/mol. The van der Waals surface area contributed by atoms with Crippen LogP contribution in [0.25, 0.3) is 10.8 Å². The summed E-state index contributed by atoms with van der Waals surface area (Å²) in [5.74, 6) is 0. The lowest BCUT2D eigenvalue weighted by molar-refractivity contribution is 0.237. The van der Waals surface area contributed by atoms with Gasteiger partial charge in [0, 0.05) is 18.9 Å². The predicted molar refractivity (Wildman–Crippen MR) is 77.2 cm³/mol. The third-order valence-electron chi connectivity index (χ3n) is 2.93. The SMILES string of the molecule is CCCCO[Si](OC)c1cccc2ccccc12. The number of hydrogen-bond donors (Lipinski definition) is 0. The van der Waals surface area contributed by atoms with Gasteiger partial charge >= 0.3 is 9.28 Å². The lowest BCUT2D eigenvalue weighted by Gasteiger charge is -2.14. The first-order valence-electron chi connectivity index (χ1n) is 6.38. The van der Waals surface area contributed by atoms with Gasteiger partial charge in [0.25, 0.3) is 0 Å². The first kappa shape index (κ1) is 13.3. The minimum absolute atomic E-state index is 0.780. The van der Waals surface area contributed by atoms with E-state index in [0.29, 0.717) is 0 Å². The van der Waals surface area contributed by atoms with Crippen molar-refractivity contribution in [1.29, 1.82) is 0 Å². The molecule has 95 valence electrons. The molecule has 0 saturated carbocycles. The van der Waals surface area contributed by atoms with Crippen LogP contribution in [0.4, 0.5) is 0 Å². The molecular weight excluding hydrogens is 240 g/mol. The van der Waals surface area contributed by atoms with Crippen molar-refractivity contribution in [3.05, 3.63) is 42.5 Å². The molecule has 2 nitrogen and oxygen atoms in total. The molecular formula is C15H19O2Si. The molecule has 2 aromatic carbocycles. The highest BCUT2D eigenvalue weighted by Gasteiger charge is 2.19. The largest absolute Gasteiger partial charge is 0.423 e. The number of benzene rings is 2. The summed E-state index contributed by atoms with van der Waals surface area (Å²) in [6.45, 7) is 2.95. The van der Waals surface area contributed by atoms with E-state index in [9.17, 15) is 0 Å². The van der Waals surface area contributed by atoms with E-state index in [-0.39, 0.29) is 0 Å². The molecule has 0 spiro atoms. The second-order valence-electron chi connectivity index (χ2n) is 4.22. The van der Waals surface area contributed by atoms with E-state index in [0.717, 1.165) is 19.4 Å². The fraction of sp³-hybridized carbons (Fsp3) is 0.333. The third kappa shape index (κ3) is 2.99. The van der Waals surface area contributed by atoms with E-state index >= 15 is 0 Å². The van der Waals surface area contributed by atoms with Crippen molar-refractivity contribution >= 4 is 25.2 Å². The van der Waals surface area contributed by atoms with Gasteiger partial charge in [0.05, 0.1) is 0 Å². The van der Waals surface area contributed by atoms with Gasteiger partial charge < -0.3 is 8.85 Å². The van der Waals surface area contributed by atoms with Crippen LogP contribution in [0.1, 0.15) is 19.8 Å². The Hall–Kier alpha value is -1.16. The Morgan fingerprint density at radius 3 is 2.61 bits per heavy atom. The van der Waals surface area contributed by atoms with E-state index in [1.165, 1.54) is 16.0 Å². The molecule has 0 aliphatic rings. The predicted octanol–water partition coefficient (Wildman–Crippen LogP) is 3.00. The summed E-state index contributed by atoms with van der Waals surface area (Å²) in [6, 6.07) is 14.7. The zero-order chi connectivity index (χ0) is 12.8. The Balaban J connectivity index is 2.27. The molecule has 0 fully saturated rings. The Bertz CT molecular complexity index is 493. The van der Waals surface area contributed by atoms with Gasteiger partial charge in [-0.2, -0.15) is 0 Å². The van der Waals surface area contributed by atoms with E-state index in [4.69, 9.17) is 8.85 Å². The lowest BCUT2D eigenvalue weighted by atomic mass is 10.1. The topological polar surface area (TPSA) is 18.5 Å². The molecule has 2 rings (SSSR count). The second kappa shape index (κ2) is 6.68. The van der Waals surface area contributed by atoms with Crippen LogP contribution in [0.2, 0.25) is 0 Å². The van der Waals surface area contributed by atoms with Crippen molar-refractivity contribution in [3.8, 4) is 0 Å². The average Bonchev–Trinajstić information content (AvgIpc) is 2.43. The fourth-order valence-electron chi connectivity index (χ4n) is 1.96. The van der Waals surface area contributed by atoms with Crippen LogP contribution in [0, 0.1) is 0 Å². The average molecular weight is 259 g/mol. The maximum atomic E-state index is 5.91. The molecule has 0 bridgehead atoms. The quantitative estimate of drug-likeness (QED) is 0.586. The molecule has 0 unspecified atom stereocenters. The molecule has 0 amide bonds. The maximum absolute atomic E-state index is 5.91. The molecule has 0 N–H and O–H groups in total. The number of unbranched alkanes of at least 4 members (excludes halogenated alkanes) is 1. The van der Waals surface area contributed by atoms with Crippen molar-refractivity contribution in [1.82, 2.24) is 0 Å². The highest BCUT2D eigenvalue weighted by molar-refractivity contribution is 6.64. The molecule has 1 radical (unpaired) electrons. The summed E-state index contributed by atoms with van der Waals surface area (Å²) >= 11 is 0. The van der Waals surface area contributed by atoms with Crippen LogP contribution in [-0.2, 0) is 8.85 Å². The van der Waals surface area contributed by atoms with Crippen LogP contribution >= 0.6 is 0 Å². The van der Waals surface area contributed by atoms with Crippen LogP contribution in [0.5, 0.6) is 0 Å². The molecule has 0 aromatic heterocycles. The Morgan fingerprint density at radius 2 is 1.83 bits per heavy atom. The molecule has 2 aromatic rings. The number of hydrogen-bond acceptors (Lipinski definition) is 2. The zero-order valence-electron chi connectivity index (χ0n) is 11.0. The van der Waals surface area contributed by atoms with Crippen molar-refractivity contribution in [2.75, 3.05) is 13.7 Å². The Labute approximate surface area is 110 Å². The molecule has 0 aliphatic carbocycles. The third-order valence-corrected chi connectivity index (χ3v) is 4.64. The van der Waals surface area contributed by atoms with Crippen molar-refractivity contribution in [3.63, 3.8) is 0 Å². The standard InChI is InChI=1S/C15H19O2Si/c1-3-4-12-17-18(16-2)15-11-7-9-13-8-5-6-10-14(13)15/h5-11H,3-4,12H2,1-2H3. The fourth-order valence-corrected chi connectivity index (χ4v) is 3.46. The highest BCUT2D eigenvalue weighted by Crippen LogP contribution is 2.12. The maximum Gasteiger partial charge on any atom is 0.423 e. The molecule has 3 heteroatoms. The first-order chi connectivity index (χ1) is 8.86. The molecule has 0 saturated heterocycles. The molecule has 18 heavy (non-hydrogen) atoms. The summed E-state index contributed by atoms with van der Waals surface area (Å²) < 4.78 is 11.5. The molecule has 0 atom stereocenters. The minimum Gasteiger partial charge on any atom is -0.393 e. The first-order valence-corrected chi connectivity index (χ1v) is 7.70. The van der Waals surface area contributed by atoms with Crippen LogP contribution in [-0.4, -0.2) is 23.0 Å². The van der Waals surface area contributed by atoms with Crippen molar-refractivity contribution in [2.24, 2.45) is 0 Å². The van der Waals surface area contributed by atoms with Crippen molar-refractivity contribution in [2.45, 2.75) is 19.8 Å². The lowest BCUT2D eigenvalue weighted by Crippen LogP contribution is -2.36. The van der Waals surface area contributed by atoms with Crippen LogP contribution < -0.4 is 5.19 Å². The smallest absolute Gasteiger partial charge is 0.393 e. The van der Waals surface area contributed by atoms with E-state index in [2.05, 4.69) is 49.4 Å². The second-order valence-corrected chi connectivity index (χ2v) is 6.03. The van der Waals surface area contributed by atoms with E-state index in [1.54, 1.807) is 7.11 Å². The zero-order valence-corrected chi connectivity index (χ0v) is 12.0. The van der Waals surface area contributed by atoms with Crippen molar-refractivity contribution < 1.29 is 8.85 Å². The van der Waals surface area contributed by atoms with Gasteiger partial charge in [-0.05, 0) is 17.2 Å².